The lowest BCUT2D eigenvalue weighted by atomic mass is 10.2. The van der Waals surface area contributed by atoms with Gasteiger partial charge in [-0.3, -0.25) is 0 Å². The van der Waals surface area contributed by atoms with Crippen molar-refractivity contribution in [3.8, 4) is 11.4 Å². The Labute approximate surface area is 144 Å². The highest BCUT2D eigenvalue weighted by atomic mass is 35.5. The summed E-state index contributed by atoms with van der Waals surface area (Å²) in [6.07, 6.45) is 1.63. The van der Waals surface area contributed by atoms with Crippen LogP contribution in [-0.2, 0) is 7.05 Å². The van der Waals surface area contributed by atoms with Crippen LogP contribution in [0.25, 0.3) is 11.4 Å². The van der Waals surface area contributed by atoms with E-state index in [1.807, 2.05) is 17.7 Å². The van der Waals surface area contributed by atoms with Gasteiger partial charge in [0, 0.05) is 12.6 Å². The molecule has 2 N–H and O–H groups in total. The molecule has 0 spiro atoms. The van der Waals surface area contributed by atoms with Crippen molar-refractivity contribution in [3.63, 3.8) is 0 Å². The van der Waals surface area contributed by atoms with Gasteiger partial charge in [-0.15, -0.1) is 10.2 Å². The number of halogens is 2. The minimum atomic E-state index is -1.15. The molecule has 23 heavy (non-hydrogen) atoms. The van der Waals surface area contributed by atoms with Crippen LogP contribution in [0.2, 0.25) is 10.0 Å². The summed E-state index contributed by atoms with van der Waals surface area (Å²) >= 11 is 13.1. The fraction of sp³-hybridized carbons (Fsp3) is 0.0769. The number of aromatic carboxylic acids is 1. The molecule has 0 atom stereocenters. The maximum atomic E-state index is 11.1. The highest BCUT2D eigenvalue weighted by molar-refractivity contribution is 7.99. The molecule has 10 heteroatoms. The van der Waals surface area contributed by atoms with Gasteiger partial charge < -0.3 is 9.67 Å². The van der Waals surface area contributed by atoms with Gasteiger partial charge in [0.1, 0.15) is 10.9 Å². The molecule has 2 aromatic heterocycles. The topological polar surface area (TPSA) is 96.7 Å². The number of carboxylic acid groups (broad SMARTS) is 1. The number of hydrogen-bond acceptors (Lipinski definition) is 5. The van der Waals surface area contributed by atoms with Gasteiger partial charge in [-0.25, -0.2) is 9.78 Å². The number of hydrogen-bond donors (Lipinski definition) is 2. The maximum Gasteiger partial charge on any atom is 0.359 e. The van der Waals surface area contributed by atoms with Gasteiger partial charge in [-0.2, -0.15) is 5.21 Å². The average Bonchev–Trinajstić information content (AvgIpc) is 3.11. The number of aromatic amines is 1. The average molecular weight is 370 g/mol. The summed E-state index contributed by atoms with van der Waals surface area (Å²) in [6.45, 7) is 0. The minimum Gasteiger partial charge on any atom is -0.476 e. The molecule has 118 valence electrons. The zero-order valence-corrected chi connectivity index (χ0v) is 13.9. The molecule has 2 heterocycles. The van der Waals surface area contributed by atoms with Crippen molar-refractivity contribution < 1.29 is 9.90 Å². The number of nitrogens with one attached hydrogen (secondary N) is 1. The molecule has 7 nitrogen and oxygen atoms in total. The predicted octanol–water partition coefficient (Wildman–Crippen LogP) is 3.36. The van der Waals surface area contributed by atoms with E-state index >= 15 is 0 Å². The second-order valence-electron chi connectivity index (χ2n) is 4.49. The SMILES string of the molecule is Cn1c(Sc2n[nH]nc2C(=O)O)cnc1-c1ccc(Cl)c(Cl)c1. The summed E-state index contributed by atoms with van der Waals surface area (Å²) < 4.78 is 1.81. The van der Waals surface area contributed by atoms with Crippen molar-refractivity contribution >= 4 is 40.9 Å². The summed E-state index contributed by atoms with van der Waals surface area (Å²) in [4.78, 5) is 15.4. The monoisotopic (exact) mass is 369 g/mol. The van der Waals surface area contributed by atoms with Crippen molar-refractivity contribution in [1.82, 2.24) is 25.0 Å². The smallest absolute Gasteiger partial charge is 0.359 e. The molecule has 0 aliphatic rings. The van der Waals surface area contributed by atoms with Crippen molar-refractivity contribution in [1.29, 1.82) is 0 Å². The first kappa shape index (κ1) is 15.9. The number of benzene rings is 1. The van der Waals surface area contributed by atoms with Gasteiger partial charge in [-0.1, -0.05) is 23.2 Å². The number of H-pyrrole nitrogens is 1. The second kappa shape index (κ2) is 6.23. The summed E-state index contributed by atoms with van der Waals surface area (Å²) in [5.74, 6) is -0.473. The first-order valence-corrected chi connectivity index (χ1v) is 7.83. The molecule has 0 aliphatic carbocycles. The Hall–Kier alpha value is -2.03. The normalized spacial score (nSPS) is 10.9. The minimum absolute atomic E-state index is 0.132. The molecule has 0 amide bonds. The molecular weight excluding hydrogens is 361 g/mol. The molecule has 3 rings (SSSR count). The fourth-order valence-corrected chi connectivity index (χ4v) is 3.06. The van der Waals surface area contributed by atoms with Gasteiger partial charge in [-0.05, 0) is 30.0 Å². The van der Waals surface area contributed by atoms with Crippen molar-refractivity contribution in [3.05, 3.63) is 40.1 Å². The van der Waals surface area contributed by atoms with Crippen LogP contribution in [0.3, 0.4) is 0 Å². The van der Waals surface area contributed by atoms with E-state index in [-0.39, 0.29) is 10.7 Å². The third-order valence-corrected chi connectivity index (χ3v) is 4.85. The van der Waals surface area contributed by atoms with Crippen molar-refractivity contribution in [2.75, 3.05) is 0 Å². The number of nitrogens with zero attached hydrogens (tertiary/aromatic N) is 4. The molecule has 0 bridgehead atoms. The highest BCUT2D eigenvalue weighted by Crippen LogP contribution is 2.32. The van der Waals surface area contributed by atoms with E-state index in [2.05, 4.69) is 20.4 Å². The van der Waals surface area contributed by atoms with E-state index in [0.717, 1.165) is 17.3 Å². The first-order valence-electron chi connectivity index (χ1n) is 6.26. The summed E-state index contributed by atoms with van der Waals surface area (Å²) in [5, 5.41) is 20.7. The Kier molecular flexibility index (Phi) is 4.29. The lowest BCUT2D eigenvalue weighted by Crippen LogP contribution is -1.99. The van der Waals surface area contributed by atoms with Crippen molar-refractivity contribution in [2.24, 2.45) is 7.05 Å². The van der Waals surface area contributed by atoms with Gasteiger partial charge in [0.15, 0.2) is 5.03 Å². The Bertz CT molecular complexity index is 892. The van der Waals surface area contributed by atoms with Crippen LogP contribution >= 0.6 is 35.0 Å². The Balaban J connectivity index is 1.94. The third kappa shape index (κ3) is 3.05. The molecular formula is C13H9Cl2N5O2S. The van der Waals surface area contributed by atoms with E-state index < -0.39 is 5.97 Å². The lowest BCUT2D eigenvalue weighted by molar-refractivity contribution is 0.0686. The molecule has 0 fully saturated rings. The van der Waals surface area contributed by atoms with E-state index in [1.165, 1.54) is 0 Å². The molecule has 0 unspecified atom stereocenters. The van der Waals surface area contributed by atoms with Crippen LogP contribution in [0, 0.1) is 0 Å². The van der Waals surface area contributed by atoms with Crippen LogP contribution in [0.5, 0.6) is 0 Å². The van der Waals surface area contributed by atoms with Crippen LogP contribution in [-0.4, -0.2) is 36.0 Å². The molecule has 3 aromatic rings. The highest BCUT2D eigenvalue weighted by Gasteiger charge is 2.19. The van der Waals surface area contributed by atoms with Gasteiger partial charge >= 0.3 is 5.97 Å². The summed E-state index contributed by atoms with van der Waals surface area (Å²) in [6, 6.07) is 5.23. The molecule has 0 saturated heterocycles. The number of aromatic nitrogens is 5. The lowest BCUT2D eigenvalue weighted by Gasteiger charge is -2.06. The molecule has 0 aliphatic heterocycles. The number of imidazole rings is 1. The predicted molar refractivity (Wildman–Crippen MR) is 86.1 cm³/mol. The zero-order valence-electron chi connectivity index (χ0n) is 11.6. The third-order valence-electron chi connectivity index (χ3n) is 3.04. The standard InChI is InChI=1S/C13H9Cl2N5O2S/c1-20-9(23-12-10(13(21)22)17-19-18-12)5-16-11(20)6-2-3-7(14)8(15)4-6/h2-5H,1H3,(H,21,22)(H,17,18,19). The maximum absolute atomic E-state index is 11.1. The molecule has 0 radical (unpaired) electrons. The number of carbonyl (C=O) groups is 1. The van der Waals surface area contributed by atoms with E-state index in [9.17, 15) is 4.79 Å². The number of carboxylic acids is 1. The van der Waals surface area contributed by atoms with Crippen LogP contribution < -0.4 is 0 Å². The Morgan fingerprint density at radius 2 is 2.09 bits per heavy atom. The molecule has 0 saturated carbocycles. The Morgan fingerprint density at radius 1 is 1.30 bits per heavy atom. The second-order valence-corrected chi connectivity index (χ2v) is 6.32. The fourth-order valence-electron chi connectivity index (χ4n) is 1.92. The first-order chi connectivity index (χ1) is 11.0. The summed E-state index contributed by atoms with van der Waals surface area (Å²) in [5.41, 5.74) is 0.666. The van der Waals surface area contributed by atoms with E-state index in [4.69, 9.17) is 28.3 Å². The number of rotatable bonds is 4. The largest absolute Gasteiger partial charge is 0.476 e. The van der Waals surface area contributed by atoms with Crippen LogP contribution in [0.4, 0.5) is 0 Å². The molecule has 1 aromatic carbocycles. The van der Waals surface area contributed by atoms with Gasteiger partial charge in [0.25, 0.3) is 0 Å². The summed E-state index contributed by atoms with van der Waals surface area (Å²) in [7, 11) is 1.81. The van der Waals surface area contributed by atoms with Crippen LogP contribution in [0.1, 0.15) is 10.5 Å². The quantitative estimate of drug-likeness (QED) is 0.731. The van der Waals surface area contributed by atoms with Gasteiger partial charge in [0.05, 0.1) is 16.2 Å². The van der Waals surface area contributed by atoms with E-state index in [0.29, 0.717) is 20.9 Å². The van der Waals surface area contributed by atoms with E-state index in [1.54, 1.807) is 18.3 Å². The van der Waals surface area contributed by atoms with Gasteiger partial charge in [0.2, 0.25) is 5.69 Å². The Morgan fingerprint density at radius 3 is 2.78 bits per heavy atom. The zero-order chi connectivity index (χ0) is 16.6. The van der Waals surface area contributed by atoms with Crippen LogP contribution in [0.15, 0.2) is 34.4 Å². The van der Waals surface area contributed by atoms with Crippen molar-refractivity contribution in [2.45, 2.75) is 10.1 Å².